The van der Waals surface area contributed by atoms with Crippen molar-refractivity contribution in [1.29, 1.82) is 0 Å². The SMILES string of the molecule is Cc1nn(C)cc1S(=O)(=O)NC(=O)c1ccc(-n2ccc(OC[Si](C)(C)C(C)(C)C)n2)nc1Cl. The first kappa shape index (κ1) is 25.9. The number of carbonyl (C=O) groups excluding carboxylic acids is 1. The lowest BCUT2D eigenvalue weighted by Crippen LogP contribution is -2.43. The molecule has 34 heavy (non-hydrogen) atoms. The quantitative estimate of drug-likeness (QED) is 0.370. The number of amides is 1. The van der Waals surface area contributed by atoms with Crippen LogP contribution in [0.5, 0.6) is 5.88 Å². The fourth-order valence-electron chi connectivity index (χ4n) is 2.78. The monoisotopic (exact) mass is 524 g/mol. The molecule has 1 amide bonds. The number of nitrogens with one attached hydrogen (secondary N) is 1. The van der Waals surface area contributed by atoms with Crippen LogP contribution in [0.4, 0.5) is 0 Å². The van der Waals surface area contributed by atoms with E-state index in [9.17, 15) is 13.2 Å². The molecule has 0 aromatic carbocycles. The summed E-state index contributed by atoms with van der Waals surface area (Å²) < 4.78 is 35.9. The van der Waals surface area contributed by atoms with Crippen molar-refractivity contribution in [2.45, 2.75) is 50.7 Å². The van der Waals surface area contributed by atoms with E-state index in [0.29, 0.717) is 17.9 Å². The van der Waals surface area contributed by atoms with Crippen molar-refractivity contribution in [3.8, 4) is 11.7 Å². The van der Waals surface area contributed by atoms with Crippen LogP contribution in [0, 0.1) is 6.92 Å². The van der Waals surface area contributed by atoms with Crippen LogP contribution in [-0.4, -0.2) is 53.2 Å². The molecule has 13 heteroatoms. The number of hydrogen-bond donors (Lipinski definition) is 1. The van der Waals surface area contributed by atoms with Gasteiger partial charge in [0.1, 0.15) is 10.0 Å². The normalized spacial score (nSPS) is 12.6. The molecule has 10 nitrogen and oxygen atoms in total. The molecule has 0 aliphatic rings. The molecule has 0 saturated carbocycles. The maximum atomic E-state index is 12.6. The average Bonchev–Trinajstić information content (AvgIpc) is 3.31. The van der Waals surface area contributed by atoms with Crippen LogP contribution in [0.1, 0.15) is 36.8 Å². The number of hydrogen-bond acceptors (Lipinski definition) is 7. The Morgan fingerprint density at radius 2 is 1.88 bits per heavy atom. The molecule has 0 unspecified atom stereocenters. The van der Waals surface area contributed by atoms with Gasteiger partial charge < -0.3 is 4.74 Å². The van der Waals surface area contributed by atoms with Crippen LogP contribution >= 0.6 is 11.6 Å². The zero-order valence-corrected chi connectivity index (χ0v) is 22.8. The first-order valence-corrected chi connectivity index (χ1v) is 15.6. The number of aryl methyl sites for hydroxylation is 2. The number of pyridine rings is 1. The molecule has 0 radical (unpaired) electrons. The first-order chi connectivity index (χ1) is 15.6. The van der Waals surface area contributed by atoms with E-state index in [4.69, 9.17) is 16.3 Å². The Kier molecular flexibility index (Phi) is 6.98. The summed E-state index contributed by atoms with van der Waals surface area (Å²) in [5, 5.41) is 8.40. The number of sulfonamides is 1. The van der Waals surface area contributed by atoms with Gasteiger partial charge in [0, 0.05) is 25.5 Å². The number of aromatic nitrogens is 5. The van der Waals surface area contributed by atoms with Gasteiger partial charge in [0.25, 0.3) is 15.9 Å². The molecule has 0 fully saturated rings. The molecule has 0 aliphatic carbocycles. The fourth-order valence-corrected chi connectivity index (χ4v) is 5.14. The Morgan fingerprint density at radius 1 is 1.21 bits per heavy atom. The predicted octanol–water partition coefficient (Wildman–Crippen LogP) is 3.51. The highest BCUT2D eigenvalue weighted by atomic mass is 35.5. The number of ether oxygens (including phenoxy) is 1. The number of carbonyl (C=O) groups is 1. The van der Waals surface area contributed by atoms with Crippen LogP contribution in [-0.2, 0) is 17.1 Å². The first-order valence-electron chi connectivity index (χ1n) is 10.5. The van der Waals surface area contributed by atoms with Crippen molar-refractivity contribution >= 4 is 35.6 Å². The van der Waals surface area contributed by atoms with Crippen molar-refractivity contribution in [2.75, 3.05) is 6.23 Å². The minimum atomic E-state index is -4.12. The highest BCUT2D eigenvalue weighted by Crippen LogP contribution is 2.36. The standard InChI is InChI=1S/C21H29ClN6O4SSi/c1-14-16(12-27(5)24-14)33(30,31)26-20(29)15-8-9-17(23-19(15)22)28-11-10-18(25-28)32-13-34(6,7)21(2,3)4/h8-12H,13H2,1-7H3,(H,26,29). The molecule has 0 aliphatic heterocycles. The average molecular weight is 525 g/mol. The Hall–Kier alpha value is -2.70. The molecule has 0 saturated heterocycles. The third-order valence-corrected chi connectivity index (χ3v) is 12.6. The van der Waals surface area contributed by atoms with Crippen LogP contribution in [0.15, 0.2) is 35.5 Å². The summed E-state index contributed by atoms with van der Waals surface area (Å²) in [6.45, 7) is 12.7. The van der Waals surface area contributed by atoms with Crippen molar-refractivity contribution in [3.63, 3.8) is 0 Å². The molecule has 0 spiro atoms. The van der Waals surface area contributed by atoms with Crippen molar-refractivity contribution in [1.82, 2.24) is 29.3 Å². The molecule has 3 rings (SSSR count). The predicted molar refractivity (Wildman–Crippen MR) is 132 cm³/mol. The van der Waals surface area contributed by atoms with E-state index in [1.54, 1.807) is 19.3 Å². The third-order valence-electron chi connectivity index (χ3n) is 5.97. The van der Waals surface area contributed by atoms with Crippen molar-refractivity contribution < 1.29 is 17.9 Å². The smallest absolute Gasteiger partial charge is 0.268 e. The zero-order chi connectivity index (χ0) is 25.5. The van der Waals surface area contributed by atoms with Crippen LogP contribution in [0.3, 0.4) is 0 Å². The lowest BCUT2D eigenvalue weighted by molar-refractivity contribution is 0.0981. The summed E-state index contributed by atoms with van der Waals surface area (Å²) >= 11 is 6.21. The van der Waals surface area contributed by atoms with E-state index in [1.165, 1.54) is 34.6 Å². The van der Waals surface area contributed by atoms with Gasteiger partial charge in [0.15, 0.2) is 5.82 Å². The van der Waals surface area contributed by atoms with E-state index in [2.05, 4.69) is 49.0 Å². The highest BCUT2D eigenvalue weighted by molar-refractivity contribution is 7.90. The second kappa shape index (κ2) is 9.15. The molecule has 1 N–H and O–H groups in total. The minimum absolute atomic E-state index is 0.0860. The van der Waals surface area contributed by atoms with Crippen molar-refractivity contribution in [2.24, 2.45) is 7.05 Å². The summed E-state index contributed by atoms with van der Waals surface area (Å²) in [6, 6.07) is 4.64. The van der Waals surface area contributed by atoms with Gasteiger partial charge in [0.05, 0.1) is 25.6 Å². The summed E-state index contributed by atoms with van der Waals surface area (Å²) in [4.78, 5) is 16.7. The van der Waals surface area contributed by atoms with E-state index in [1.807, 2.05) is 4.72 Å². The van der Waals surface area contributed by atoms with E-state index >= 15 is 0 Å². The van der Waals surface area contributed by atoms with E-state index < -0.39 is 24.0 Å². The maximum Gasteiger partial charge on any atom is 0.268 e. The number of rotatable bonds is 7. The van der Waals surface area contributed by atoms with Gasteiger partial charge in [-0.3, -0.25) is 9.48 Å². The highest BCUT2D eigenvalue weighted by Gasteiger charge is 2.36. The van der Waals surface area contributed by atoms with Gasteiger partial charge in [0.2, 0.25) is 5.88 Å². The molecular formula is C21H29ClN6O4SSi. The Labute approximate surface area is 205 Å². The third kappa shape index (κ3) is 5.50. The Morgan fingerprint density at radius 3 is 2.44 bits per heavy atom. The van der Waals surface area contributed by atoms with Crippen LogP contribution in [0.25, 0.3) is 5.82 Å². The van der Waals surface area contributed by atoms with E-state index in [0.717, 1.165) is 0 Å². The maximum absolute atomic E-state index is 12.6. The topological polar surface area (TPSA) is 121 Å². The van der Waals surface area contributed by atoms with Gasteiger partial charge in [-0.05, 0) is 24.1 Å². The summed E-state index contributed by atoms with van der Waals surface area (Å²) in [7, 11) is -4.17. The molecular weight excluding hydrogens is 496 g/mol. The van der Waals surface area contributed by atoms with Crippen molar-refractivity contribution in [3.05, 3.63) is 47.0 Å². The Bertz CT molecular complexity index is 1330. The second-order valence-corrected chi connectivity index (χ2v) is 17.3. The van der Waals surface area contributed by atoms with Gasteiger partial charge >= 0.3 is 0 Å². The van der Waals surface area contributed by atoms with E-state index in [-0.39, 0.29) is 26.3 Å². The summed E-state index contributed by atoms with van der Waals surface area (Å²) in [5.41, 5.74) is 0.185. The second-order valence-electron chi connectivity index (χ2n) is 9.72. The van der Waals surface area contributed by atoms with Gasteiger partial charge in [-0.15, -0.1) is 5.10 Å². The molecule has 3 aromatic rings. The lowest BCUT2D eigenvalue weighted by atomic mass is 10.2. The van der Waals surface area contributed by atoms with Gasteiger partial charge in [-0.1, -0.05) is 45.5 Å². The summed E-state index contributed by atoms with van der Waals surface area (Å²) in [5.74, 6) is -0.0802. The number of nitrogens with zero attached hydrogens (tertiary/aromatic N) is 5. The Balaban J connectivity index is 1.74. The number of halogens is 1. The van der Waals surface area contributed by atoms with Gasteiger partial charge in [-0.25, -0.2) is 22.8 Å². The molecule has 3 heterocycles. The fraction of sp³-hybridized carbons (Fsp3) is 0.429. The molecule has 184 valence electrons. The molecule has 0 atom stereocenters. The summed E-state index contributed by atoms with van der Waals surface area (Å²) in [6.07, 6.45) is 3.61. The minimum Gasteiger partial charge on any atom is -0.480 e. The van der Waals surface area contributed by atoms with Gasteiger partial charge in [-0.2, -0.15) is 5.10 Å². The zero-order valence-electron chi connectivity index (χ0n) is 20.2. The lowest BCUT2D eigenvalue weighted by Gasteiger charge is -2.35. The molecule has 3 aromatic heterocycles. The molecule has 0 bridgehead atoms. The van der Waals surface area contributed by atoms with Crippen LogP contribution < -0.4 is 9.46 Å². The van der Waals surface area contributed by atoms with Crippen LogP contribution in [0.2, 0.25) is 23.3 Å². The largest absolute Gasteiger partial charge is 0.480 e.